The van der Waals surface area contributed by atoms with Crippen LogP contribution in [0.3, 0.4) is 0 Å². The summed E-state index contributed by atoms with van der Waals surface area (Å²) in [6, 6.07) is 5.78. The van der Waals surface area contributed by atoms with E-state index in [-0.39, 0.29) is 0 Å². The van der Waals surface area contributed by atoms with Crippen molar-refractivity contribution >= 4 is 46.0 Å². The zero-order valence-corrected chi connectivity index (χ0v) is 10.3. The molecule has 0 aliphatic carbocycles. The number of nitrogens with one attached hydrogen (secondary N) is 2. The fourth-order valence-electron chi connectivity index (χ4n) is 1.13. The number of H-pyrrole nitrogens is 1. The minimum Gasteiger partial charge on any atom is -0.329 e. The zero-order chi connectivity index (χ0) is 10.8. The van der Waals surface area contributed by atoms with Gasteiger partial charge in [0.15, 0.2) is 3.95 Å². The Kier molecular flexibility index (Phi) is 3.04. The highest BCUT2D eigenvalue weighted by molar-refractivity contribution is 7.73. The van der Waals surface area contributed by atoms with Gasteiger partial charge in [0.2, 0.25) is 5.13 Å². The van der Waals surface area contributed by atoms with E-state index >= 15 is 0 Å². The van der Waals surface area contributed by atoms with E-state index in [1.165, 1.54) is 11.3 Å². The maximum Gasteiger partial charge on any atom is 0.208 e. The summed E-state index contributed by atoms with van der Waals surface area (Å²) in [5, 5.41) is 11.2. The number of benzene rings is 1. The Morgan fingerprint density at radius 2 is 2.33 bits per heavy atom. The summed E-state index contributed by atoms with van der Waals surface area (Å²) < 4.78 is 0.640. The summed E-state index contributed by atoms with van der Waals surface area (Å²) in [5.74, 6) is 0. The van der Waals surface area contributed by atoms with Crippen molar-refractivity contribution in [3.8, 4) is 0 Å². The van der Waals surface area contributed by atoms with Gasteiger partial charge in [0.25, 0.3) is 0 Å². The molecule has 6 heteroatoms. The second-order valence-corrected chi connectivity index (χ2v) is 5.10. The summed E-state index contributed by atoms with van der Waals surface area (Å²) in [6.07, 6.45) is 0. The molecule has 0 saturated carbocycles. The maximum atomic E-state index is 6.03. The Hall–Kier alpha value is -0.910. The van der Waals surface area contributed by atoms with E-state index in [0.717, 1.165) is 11.3 Å². The Morgan fingerprint density at radius 3 is 3.00 bits per heavy atom. The Labute approximate surface area is 101 Å². The Balaban J connectivity index is 2.31. The van der Waals surface area contributed by atoms with E-state index in [1.54, 1.807) is 0 Å². The van der Waals surface area contributed by atoms with Gasteiger partial charge in [0.05, 0.1) is 10.7 Å². The number of aromatic nitrogens is 2. The lowest BCUT2D eigenvalue weighted by molar-refractivity contribution is 1.08. The van der Waals surface area contributed by atoms with Crippen molar-refractivity contribution in [2.75, 3.05) is 5.32 Å². The number of aromatic amines is 1. The zero-order valence-electron chi connectivity index (χ0n) is 7.87. The lowest BCUT2D eigenvalue weighted by atomic mass is 10.2. The quantitative estimate of drug-likeness (QED) is 0.802. The van der Waals surface area contributed by atoms with Crippen LogP contribution in [-0.4, -0.2) is 10.2 Å². The lowest BCUT2D eigenvalue weighted by Crippen LogP contribution is -1.91. The molecule has 1 aromatic carbocycles. The van der Waals surface area contributed by atoms with Crippen LogP contribution in [0, 0.1) is 10.9 Å². The maximum absolute atomic E-state index is 6.03. The van der Waals surface area contributed by atoms with E-state index in [9.17, 15) is 0 Å². The number of hydrogen-bond acceptors (Lipinski definition) is 4. The van der Waals surface area contributed by atoms with Crippen molar-refractivity contribution in [1.29, 1.82) is 0 Å². The first-order valence-electron chi connectivity index (χ1n) is 4.24. The van der Waals surface area contributed by atoms with Gasteiger partial charge in [-0.25, -0.2) is 0 Å². The molecule has 0 spiro atoms. The smallest absolute Gasteiger partial charge is 0.208 e. The van der Waals surface area contributed by atoms with Crippen LogP contribution >= 0.6 is 35.2 Å². The predicted molar refractivity (Wildman–Crippen MR) is 66.8 cm³/mol. The van der Waals surface area contributed by atoms with E-state index in [1.807, 2.05) is 25.1 Å². The van der Waals surface area contributed by atoms with Crippen LogP contribution in [-0.2, 0) is 0 Å². The number of anilines is 2. The molecule has 2 N–H and O–H groups in total. The van der Waals surface area contributed by atoms with E-state index in [4.69, 9.17) is 23.8 Å². The molecule has 0 aliphatic rings. The number of aryl methyl sites for hydroxylation is 1. The standard InChI is InChI=1S/C9H8ClN3S2/c1-5-2-3-6(10)7(4-5)11-8-12-13-9(14)15-8/h2-4H,1H3,(H,11,12)(H,13,14). The number of nitrogens with zero attached hydrogens (tertiary/aromatic N) is 1. The molecule has 0 saturated heterocycles. The molecule has 0 fully saturated rings. The van der Waals surface area contributed by atoms with Gasteiger partial charge >= 0.3 is 0 Å². The summed E-state index contributed by atoms with van der Waals surface area (Å²) in [4.78, 5) is 0. The molecule has 0 aliphatic heterocycles. The molecular formula is C9H8ClN3S2. The number of rotatable bonds is 2. The van der Waals surface area contributed by atoms with Crippen molar-refractivity contribution < 1.29 is 0 Å². The summed E-state index contributed by atoms with van der Waals surface area (Å²) >= 11 is 12.3. The molecule has 1 heterocycles. The average Bonchev–Trinajstić information content (AvgIpc) is 2.58. The van der Waals surface area contributed by atoms with Crippen LogP contribution in [0.25, 0.3) is 0 Å². The normalized spacial score (nSPS) is 10.3. The van der Waals surface area contributed by atoms with Crippen LogP contribution < -0.4 is 5.32 Å². The topological polar surface area (TPSA) is 40.7 Å². The van der Waals surface area contributed by atoms with Crippen LogP contribution in [0.5, 0.6) is 0 Å². The van der Waals surface area contributed by atoms with Crippen molar-refractivity contribution in [3.05, 3.63) is 32.7 Å². The highest BCUT2D eigenvalue weighted by Gasteiger charge is 2.03. The minimum absolute atomic E-state index is 0.640. The summed E-state index contributed by atoms with van der Waals surface area (Å²) in [5.41, 5.74) is 1.98. The van der Waals surface area contributed by atoms with Crippen LogP contribution in [0.15, 0.2) is 18.2 Å². The minimum atomic E-state index is 0.640. The molecule has 2 rings (SSSR count). The molecule has 0 bridgehead atoms. The molecule has 78 valence electrons. The summed E-state index contributed by atoms with van der Waals surface area (Å²) in [7, 11) is 0. The van der Waals surface area contributed by atoms with Gasteiger partial charge < -0.3 is 5.32 Å². The first kappa shape index (κ1) is 10.6. The van der Waals surface area contributed by atoms with E-state index in [0.29, 0.717) is 14.1 Å². The Bertz CT molecular complexity index is 532. The van der Waals surface area contributed by atoms with E-state index in [2.05, 4.69) is 15.5 Å². The van der Waals surface area contributed by atoms with Gasteiger partial charge in [-0.1, -0.05) is 29.0 Å². The third kappa shape index (κ3) is 2.56. The third-order valence-electron chi connectivity index (χ3n) is 1.80. The average molecular weight is 258 g/mol. The van der Waals surface area contributed by atoms with Crippen LogP contribution in [0.1, 0.15) is 5.56 Å². The molecule has 1 aromatic heterocycles. The first-order valence-corrected chi connectivity index (χ1v) is 5.84. The summed E-state index contributed by atoms with van der Waals surface area (Å²) in [6.45, 7) is 2.01. The van der Waals surface area contributed by atoms with Crippen molar-refractivity contribution in [3.63, 3.8) is 0 Å². The molecule has 0 atom stereocenters. The number of halogens is 1. The highest BCUT2D eigenvalue weighted by atomic mass is 35.5. The largest absolute Gasteiger partial charge is 0.329 e. The van der Waals surface area contributed by atoms with Gasteiger partial charge in [0, 0.05) is 0 Å². The molecule has 15 heavy (non-hydrogen) atoms. The van der Waals surface area contributed by atoms with Crippen LogP contribution in [0.2, 0.25) is 5.02 Å². The molecule has 2 aromatic rings. The SMILES string of the molecule is Cc1ccc(Cl)c(Nc2n[nH]c(=S)s2)c1. The van der Waals surface area contributed by atoms with E-state index < -0.39 is 0 Å². The first-order chi connectivity index (χ1) is 7.15. The molecular weight excluding hydrogens is 250 g/mol. The molecule has 0 amide bonds. The molecule has 0 unspecified atom stereocenters. The van der Waals surface area contributed by atoms with Crippen molar-refractivity contribution in [2.45, 2.75) is 6.92 Å². The monoisotopic (exact) mass is 257 g/mol. The third-order valence-corrected chi connectivity index (χ3v) is 3.14. The van der Waals surface area contributed by atoms with Crippen molar-refractivity contribution in [2.24, 2.45) is 0 Å². The van der Waals surface area contributed by atoms with Crippen LogP contribution in [0.4, 0.5) is 10.8 Å². The van der Waals surface area contributed by atoms with Gasteiger partial charge in [-0.05, 0) is 36.8 Å². The van der Waals surface area contributed by atoms with Gasteiger partial charge in [-0.2, -0.15) is 0 Å². The van der Waals surface area contributed by atoms with Gasteiger partial charge in [-0.3, -0.25) is 5.10 Å². The van der Waals surface area contributed by atoms with Gasteiger partial charge in [-0.15, -0.1) is 5.10 Å². The predicted octanol–water partition coefficient (Wildman–Crippen LogP) is 3.91. The number of hydrogen-bond donors (Lipinski definition) is 2. The van der Waals surface area contributed by atoms with Crippen molar-refractivity contribution in [1.82, 2.24) is 10.2 Å². The second kappa shape index (κ2) is 4.30. The highest BCUT2D eigenvalue weighted by Crippen LogP contribution is 2.27. The molecule has 3 nitrogen and oxygen atoms in total. The van der Waals surface area contributed by atoms with Gasteiger partial charge in [0.1, 0.15) is 0 Å². The lowest BCUT2D eigenvalue weighted by Gasteiger charge is -2.05. The molecule has 0 radical (unpaired) electrons. The second-order valence-electron chi connectivity index (χ2n) is 3.03. The fourth-order valence-corrected chi connectivity index (χ4v) is 2.10. The Morgan fingerprint density at radius 1 is 1.53 bits per heavy atom. The fraction of sp³-hybridized carbons (Fsp3) is 0.111.